The van der Waals surface area contributed by atoms with E-state index in [1.165, 1.54) is 4.31 Å². The Kier molecular flexibility index (Phi) is 8.16. The second-order valence-electron chi connectivity index (χ2n) is 9.65. The molecule has 2 aromatic rings. The van der Waals surface area contributed by atoms with Crippen molar-refractivity contribution in [3.63, 3.8) is 0 Å². The molecule has 2 aromatic carbocycles. The highest BCUT2D eigenvalue weighted by Crippen LogP contribution is 2.63. The molecule has 3 rings (SSSR count). The zero-order chi connectivity index (χ0) is 24.6. The molecule has 1 heterocycles. The van der Waals surface area contributed by atoms with Crippen LogP contribution in [-0.4, -0.2) is 28.8 Å². The van der Waals surface area contributed by atoms with Crippen LogP contribution in [-0.2, 0) is 17.9 Å². The fraction of sp³-hybridized carbons (Fsp3) is 0.500. The van der Waals surface area contributed by atoms with Gasteiger partial charge >= 0.3 is 0 Å². The molecule has 4 atom stereocenters. The lowest BCUT2D eigenvalue weighted by molar-refractivity contribution is 0.238. The smallest absolute Gasteiger partial charge is 0.136 e. The van der Waals surface area contributed by atoms with Gasteiger partial charge in [-0.1, -0.05) is 30.3 Å². The summed E-state index contributed by atoms with van der Waals surface area (Å²) in [6.07, 6.45) is 1.31. The molecule has 1 fully saturated rings. The molecule has 1 aliphatic rings. The van der Waals surface area contributed by atoms with Crippen molar-refractivity contribution in [3.8, 4) is 0 Å². The fourth-order valence-corrected chi connectivity index (χ4v) is 7.08. The predicted octanol–water partition coefficient (Wildman–Crippen LogP) is 6.47. The number of nitrogens with zero attached hydrogens (tertiary/aromatic N) is 1. The molecule has 9 heteroatoms. The van der Waals surface area contributed by atoms with Crippen LogP contribution in [0.5, 0.6) is 0 Å². The molecule has 0 aliphatic carbocycles. The van der Waals surface area contributed by atoms with Crippen molar-refractivity contribution in [1.29, 1.82) is 0 Å². The van der Waals surface area contributed by atoms with E-state index in [0.29, 0.717) is 12.8 Å². The molecular formula is C24H34F2N2O3S2. The lowest BCUT2D eigenvalue weighted by Gasteiger charge is -2.54. The average Bonchev–Trinajstić information content (AvgIpc) is 2.72. The molecule has 0 aromatic heterocycles. The number of benzene rings is 2. The van der Waals surface area contributed by atoms with Crippen molar-refractivity contribution in [2.24, 2.45) is 0 Å². The quantitative estimate of drug-likeness (QED) is 0.396. The summed E-state index contributed by atoms with van der Waals surface area (Å²) in [7, 11) is -3.26. The molecule has 0 radical (unpaired) electrons. The lowest BCUT2D eigenvalue weighted by atomic mass is 10.0. The van der Waals surface area contributed by atoms with E-state index in [1.54, 1.807) is 27.7 Å². The topological polar surface area (TPSA) is 78.8 Å². The van der Waals surface area contributed by atoms with Crippen molar-refractivity contribution >= 4 is 22.1 Å². The van der Waals surface area contributed by atoms with E-state index in [9.17, 15) is 18.0 Å². The van der Waals surface area contributed by atoms with Crippen LogP contribution in [0.15, 0.2) is 42.5 Å². The summed E-state index contributed by atoms with van der Waals surface area (Å²) in [5.74, 6) is -1.26. The van der Waals surface area contributed by atoms with Gasteiger partial charge in [-0.2, -0.15) is 4.31 Å². The van der Waals surface area contributed by atoms with Crippen LogP contribution in [0.4, 0.5) is 8.78 Å². The third kappa shape index (κ3) is 5.90. The molecule has 184 valence electrons. The summed E-state index contributed by atoms with van der Waals surface area (Å²) in [6, 6.07) is 10.6. The van der Waals surface area contributed by atoms with Gasteiger partial charge in [-0.15, -0.1) is 15.5 Å². The maximum Gasteiger partial charge on any atom is 0.136 e. The molecular weight excluding hydrogens is 466 g/mol. The minimum absolute atomic E-state index is 0.0564. The van der Waals surface area contributed by atoms with Crippen LogP contribution >= 0.6 is 10.8 Å². The SMILES string of the molecule is CC(N[S+]([O-])C(C)(C)C)c1cc(F)c(CN2[C@@H](C)CC[C@H](c3ccccc3)S2(O)O)cc1F. The first-order valence-corrected chi connectivity index (χ1v) is 13.8. The molecule has 1 aliphatic heterocycles. The van der Waals surface area contributed by atoms with Gasteiger partial charge in [-0.3, -0.25) is 9.11 Å². The minimum Gasteiger partial charge on any atom is -0.598 e. The monoisotopic (exact) mass is 500 g/mol. The van der Waals surface area contributed by atoms with Crippen LogP contribution in [0.2, 0.25) is 0 Å². The van der Waals surface area contributed by atoms with Gasteiger partial charge in [-0.05, 0) is 65.2 Å². The molecule has 0 bridgehead atoms. The number of nitrogens with one attached hydrogen (secondary N) is 1. The highest BCUT2D eigenvalue weighted by atomic mass is 32.3. The van der Waals surface area contributed by atoms with Gasteiger partial charge in [0.05, 0.1) is 11.3 Å². The second kappa shape index (κ2) is 10.2. The fourth-order valence-electron chi connectivity index (χ4n) is 4.02. The largest absolute Gasteiger partial charge is 0.598 e. The number of hydrogen-bond donors (Lipinski definition) is 3. The zero-order valence-corrected chi connectivity index (χ0v) is 21.4. The molecule has 3 N–H and O–H groups in total. The highest BCUT2D eigenvalue weighted by Gasteiger charge is 2.41. The standard InChI is InChI=1S/C24H34F2N2O3S2/c1-16-11-12-23(18-9-7-6-8-10-18)33(30,31)28(16)15-19-13-22(26)20(14-21(19)25)17(2)27-32(29)24(3,4)5/h6-10,13-14,16-17,23,27,30-31H,11-12,15H2,1-5H3/t16-,17?,23+,32?/m0/s1. The summed E-state index contributed by atoms with van der Waals surface area (Å²) in [6.45, 7) is 8.77. The third-order valence-corrected chi connectivity index (χ3v) is 10.2. The second-order valence-corrected chi connectivity index (χ2v) is 13.8. The van der Waals surface area contributed by atoms with E-state index < -0.39 is 49.8 Å². The molecule has 0 spiro atoms. The van der Waals surface area contributed by atoms with Crippen molar-refractivity contribution in [3.05, 3.63) is 70.8 Å². The van der Waals surface area contributed by atoms with Crippen LogP contribution in [0.3, 0.4) is 0 Å². The summed E-state index contributed by atoms with van der Waals surface area (Å²) < 4.78 is 68.5. The van der Waals surface area contributed by atoms with Crippen LogP contribution in [0.1, 0.15) is 75.4 Å². The molecule has 1 saturated heterocycles. The summed E-state index contributed by atoms with van der Waals surface area (Å²) in [4.78, 5) is 0. The van der Waals surface area contributed by atoms with Crippen molar-refractivity contribution in [2.75, 3.05) is 0 Å². The lowest BCUT2D eigenvalue weighted by Crippen LogP contribution is -2.42. The van der Waals surface area contributed by atoms with E-state index in [4.69, 9.17) is 0 Å². The third-order valence-electron chi connectivity index (χ3n) is 6.03. The average molecular weight is 501 g/mol. The summed E-state index contributed by atoms with van der Waals surface area (Å²) in [5.41, 5.74) is 0.957. The Bertz CT molecular complexity index is 957. The number of rotatable bonds is 6. The zero-order valence-electron chi connectivity index (χ0n) is 19.7. The van der Waals surface area contributed by atoms with Gasteiger partial charge in [0, 0.05) is 35.1 Å². The Hall–Kier alpha value is -1.20. The maximum atomic E-state index is 15.1. The van der Waals surface area contributed by atoms with Gasteiger partial charge < -0.3 is 4.55 Å². The summed E-state index contributed by atoms with van der Waals surface area (Å²) in [5, 5.41) is -0.487. The molecule has 5 nitrogen and oxygen atoms in total. The van der Waals surface area contributed by atoms with Crippen LogP contribution in [0, 0.1) is 11.6 Å². The Balaban J connectivity index is 1.84. The van der Waals surface area contributed by atoms with Crippen molar-refractivity contribution in [2.45, 2.75) is 76.1 Å². The molecule has 2 unspecified atom stereocenters. The van der Waals surface area contributed by atoms with Gasteiger partial charge in [0.1, 0.15) is 16.4 Å². The van der Waals surface area contributed by atoms with E-state index in [-0.39, 0.29) is 23.7 Å². The van der Waals surface area contributed by atoms with Crippen LogP contribution < -0.4 is 4.72 Å². The maximum absolute atomic E-state index is 15.1. The van der Waals surface area contributed by atoms with Crippen molar-refractivity contribution < 1.29 is 22.4 Å². The Labute approximate surface area is 200 Å². The van der Waals surface area contributed by atoms with Crippen molar-refractivity contribution in [1.82, 2.24) is 9.03 Å². The predicted molar refractivity (Wildman–Crippen MR) is 132 cm³/mol. The first-order chi connectivity index (χ1) is 15.3. The Morgan fingerprint density at radius 2 is 1.79 bits per heavy atom. The van der Waals surface area contributed by atoms with E-state index in [2.05, 4.69) is 4.72 Å². The number of hydrogen-bond acceptors (Lipinski definition) is 5. The highest BCUT2D eigenvalue weighted by molar-refractivity contribution is 8.22. The molecule has 0 saturated carbocycles. The first kappa shape index (κ1) is 26.4. The Morgan fingerprint density at radius 3 is 2.39 bits per heavy atom. The molecule has 33 heavy (non-hydrogen) atoms. The van der Waals surface area contributed by atoms with Gasteiger partial charge in [0.15, 0.2) is 0 Å². The minimum atomic E-state index is -3.26. The molecule has 0 amide bonds. The normalized spacial score (nSPS) is 24.3. The van der Waals surface area contributed by atoms with E-state index >= 15 is 4.39 Å². The first-order valence-electron chi connectivity index (χ1n) is 11.1. The van der Waals surface area contributed by atoms with E-state index in [0.717, 1.165) is 17.7 Å². The van der Waals surface area contributed by atoms with Crippen LogP contribution in [0.25, 0.3) is 0 Å². The van der Waals surface area contributed by atoms with Gasteiger partial charge in [0.2, 0.25) is 0 Å². The number of halogens is 2. The Morgan fingerprint density at radius 1 is 1.15 bits per heavy atom. The summed E-state index contributed by atoms with van der Waals surface area (Å²) >= 11 is -1.44. The van der Waals surface area contributed by atoms with Gasteiger partial charge in [-0.25, -0.2) is 8.78 Å². The van der Waals surface area contributed by atoms with Gasteiger partial charge in [0.25, 0.3) is 0 Å². The van der Waals surface area contributed by atoms with E-state index in [1.807, 2.05) is 37.3 Å².